The van der Waals surface area contributed by atoms with E-state index in [9.17, 15) is 4.79 Å². The van der Waals surface area contributed by atoms with Gasteiger partial charge < -0.3 is 14.4 Å². The molecule has 3 rings (SSSR count). The van der Waals surface area contributed by atoms with Crippen LogP contribution >= 0.6 is 0 Å². The topological polar surface area (TPSA) is 54.9 Å². The van der Waals surface area contributed by atoms with Crippen molar-refractivity contribution < 1.29 is 14.3 Å². The summed E-state index contributed by atoms with van der Waals surface area (Å²) in [7, 11) is 1.71. The van der Waals surface area contributed by atoms with Crippen LogP contribution in [0.3, 0.4) is 0 Å². The van der Waals surface area contributed by atoms with E-state index in [0.29, 0.717) is 11.9 Å². The minimum Gasteiger partial charge on any atom is -0.489 e. The lowest BCUT2D eigenvalue weighted by Crippen LogP contribution is -2.35. The highest BCUT2D eigenvalue weighted by molar-refractivity contribution is 5.81. The maximum atomic E-state index is 12.1. The lowest BCUT2D eigenvalue weighted by molar-refractivity contribution is 0.150. The van der Waals surface area contributed by atoms with E-state index >= 15 is 0 Å². The third kappa shape index (κ3) is 4.69. The average molecular weight is 371 g/mol. The Kier molecular flexibility index (Phi) is 5.85. The van der Waals surface area contributed by atoms with Gasteiger partial charge in [0.2, 0.25) is 5.88 Å². The zero-order valence-electron chi connectivity index (χ0n) is 16.8. The molecule has 1 aromatic carbocycles. The Labute approximate surface area is 161 Å². The molecule has 146 valence electrons. The number of ether oxygens (including phenoxy) is 2. The highest BCUT2D eigenvalue weighted by atomic mass is 16.6. The van der Waals surface area contributed by atoms with E-state index in [4.69, 9.17) is 9.47 Å². The molecule has 0 spiro atoms. The molecule has 27 heavy (non-hydrogen) atoms. The Bertz CT molecular complexity index is 806. The third-order valence-electron chi connectivity index (χ3n) is 5.10. The quantitative estimate of drug-likeness (QED) is 0.797. The monoisotopic (exact) mass is 371 g/mol. The maximum absolute atomic E-state index is 12.1. The second kappa shape index (κ2) is 8.13. The molecule has 1 atom stereocenters. The number of amides is 1. The number of pyridine rings is 1. The van der Waals surface area contributed by atoms with E-state index in [2.05, 4.69) is 23.7 Å². The summed E-state index contributed by atoms with van der Waals surface area (Å²) >= 11 is 0. The number of carbonyl (C=O) groups excluding carboxylic acids is 1. The summed E-state index contributed by atoms with van der Waals surface area (Å²) < 4.78 is 11.5. The summed E-state index contributed by atoms with van der Waals surface area (Å²) in [6, 6.07) is 10.1. The van der Waals surface area contributed by atoms with E-state index < -0.39 is 6.09 Å². The predicted octanol–water partition coefficient (Wildman–Crippen LogP) is 3.94. The Morgan fingerprint density at radius 3 is 2.67 bits per heavy atom. The molecule has 6 nitrogen and oxygen atoms in total. The molecule has 2 heterocycles. The van der Waals surface area contributed by atoms with Gasteiger partial charge in [0, 0.05) is 43.7 Å². The van der Waals surface area contributed by atoms with Gasteiger partial charge in [-0.05, 0) is 58.4 Å². The fraction of sp³-hybridized carbons (Fsp3) is 0.524. The predicted molar refractivity (Wildman–Crippen MR) is 106 cm³/mol. The second-order valence-corrected chi connectivity index (χ2v) is 7.69. The van der Waals surface area contributed by atoms with Crippen LogP contribution in [0.1, 0.15) is 34.1 Å². The van der Waals surface area contributed by atoms with Gasteiger partial charge in [-0.15, -0.1) is 0 Å². The van der Waals surface area contributed by atoms with Crippen molar-refractivity contribution >= 4 is 17.0 Å². The third-order valence-corrected chi connectivity index (χ3v) is 5.10. The summed E-state index contributed by atoms with van der Waals surface area (Å²) in [5, 5.41) is 0.961. The number of aromatic nitrogens is 1. The van der Waals surface area contributed by atoms with E-state index in [0.717, 1.165) is 36.2 Å². The number of likely N-dealkylation sites (tertiary alicyclic amines) is 1. The van der Waals surface area contributed by atoms with Gasteiger partial charge in [-0.25, -0.2) is 9.78 Å². The average Bonchev–Trinajstić information content (AvgIpc) is 3.09. The summed E-state index contributed by atoms with van der Waals surface area (Å²) in [6.45, 7) is 10.3. The summed E-state index contributed by atoms with van der Waals surface area (Å²) in [5.41, 5.74) is 0.773. The van der Waals surface area contributed by atoms with Crippen LogP contribution < -0.4 is 9.47 Å². The molecule has 0 aliphatic carbocycles. The fourth-order valence-electron chi connectivity index (χ4n) is 3.10. The number of hydrogen-bond donors (Lipinski definition) is 0. The summed E-state index contributed by atoms with van der Waals surface area (Å²) in [6.07, 6.45) is 0.865. The second-order valence-electron chi connectivity index (χ2n) is 7.69. The van der Waals surface area contributed by atoms with E-state index in [1.807, 2.05) is 38.1 Å². The van der Waals surface area contributed by atoms with Crippen molar-refractivity contribution in [2.45, 2.75) is 52.3 Å². The van der Waals surface area contributed by atoms with E-state index in [-0.39, 0.29) is 12.1 Å². The van der Waals surface area contributed by atoms with Crippen LogP contribution in [-0.4, -0.2) is 59.2 Å². The van der Waals surface area contributed by atoms with Crippen molar-refractivity contribution in [3.63, 3.8) is 0 Å². The molecule has 1 aliphatic rings. The molecule has 2 aromatic rings. The standard InChI is InChI=1S/C21H29N3O3/c1-14(2)23(5)21(25)27-20-9-6-16-12-17(7-8-19(16)22-20)26-18-10-11-24(13-18)15(3)4/h6-9,12,14-15,18H,10-11,13H2,1-5H3. The summed E-state index contributed by atoms with van der Waals surface area (Å²) in [5.74, 6) is 1.15. The normalized spacial score (nSPS) is 17.7. The van der Waals surface area contributed by atoms with Gasteiger partial charge in [-0.1, -0.05) is 0 Å². The molecule has 1 unspecified atom stereocenters. The van der Waals surface area contributed by atoms with Gasteiger partial charge in [-0.2, -0.15) is 0 Å². The van der Waals surface area contributed by atoms with Gasteiger partial charge in [0.05, 0.1) is 5.52 Å². The number of rotatable bonds is 5. The van der Waals surface area contributed by atoms with Gasteiger partial charge in [0.15, 0.2) is 0 Å². The first-order valence-electron chi connectivity index (χ1n) is 9.59. The largest absolute Gasteiger partial charge is 0.489 e. The summed E-state index contributed by atoms with van der Waals surface area (Å²) in [4.78, 5) is 20.4. The molecule has 0 radical (unpaired) electrons. The lowest BCUT2D eigenvalue weighted by Gasteiger charge is -2.20. The van der Waals surface area contributed by atoms with Crippen LogP contribution in [-0.2, 0) is 0 Å². The molecule has 0 bridgehead atoms. The first-order chi connectivity index (χ1) is 12.8. The number of nitrogens with zero attached hydrogens (tertiary/aromatic N) is 3. The fourth-order valence-corrected chi connectivity index (χ4v) is 3.10. The number of fused-ring (bicyclic) bond motifs is 1. The first-order valence-corrected chi connectivity index (χ1v) is 9.59. The molecule has 1 aliphatic heterocycles. The van der Waals surface area contributed by atoms with Crippen molar-refractivity contribution in [2.75, 3.05) is 20.1 Å². The van der Waals surface area contributed by atoms with Crippen LogP contribution in [0.15, 0.2) is 30.3 Å². The van der Waals surface area contributed by atoms with Crippen molar-refractivity contribution in [2.24, 2.45) is 0 Å². The Hall–Kier alpha value is -2.34. The number of hydrogen-bond acceptors (Lipinski definition) is 5. The van der Waals surface area contributed by atoms with Crippen LogP contribution in [0, 0.1) is 0 Å². The van der Waals surface area contributed by atoms with Crippen LogP contribution in [0.5, 0.6) is 11.6 Å². The van der Waals surface area contributed by atoms with E-state index in [1.54, 1.807) is 13.1 Å². The molecule has 0 N–H and O–H groups in total. The SMILES string of the molecule is CC(C)N1CCC(Oc2ccc3nc(OC(=O)N(C)C(C)C)ccc3c2)C1. The Morgan fingerprint density at radius 2 is 2.00 bits per heavy atom. The molecular weight excluding hydrogens is 342 g/mol. The van der Waals surface area contributed by atoms with Crippen LogP contribution in [0.25, 0.3) is 10.9 Å². The minimum absolute atomic E-state index is 0.0693. The number of carbonyl (C=O) groups is 1. The zero-order valence-corrected chi connectivity index (χ0v) is 16.8. The molecule has 1 amide bonds. The molecule has 1 fully saturated rings. The Morgan fingerprint density at radius 1 is 1.22 bits per heavy atom. The smallest absolute Gasteiger partial charge is 0.416 e. The minimum atomic E-state index is -0.409. The molecular formula is C21H29N3O3. The Balaban J connectivity index is 1.67. The van der Waals surface area contributed by atoms with Gasteiger partial charge >= 0.3 is 6.09 Å². The zero-order chi connectivity index (χ0) is 19.6. The lowest BCUT2D eigenvalue weighted by atomic mass is 10.2. The van der Waals surface area contributed by atoms with Gasteiger partial charge in [-0.3, -0.25) is 4.90 Å². The van der Waals surface area contributed by atoms with Gasteiger partial charge in [0.25, 0.3) is 0 Å². The van der Waals surface area contributed by atoms with Crippen molar-refractivity contribution in [3.05, 3.63) is 30.3 Å². The van der Waals surface area contributed by atoms with E-state index in [1.165, 1.54) is 4.90 Å². The molecule has 0 saturated carbocycles. The van der Waals surface area contributed by atoms with Gasteiger partial charge in [0.1, 0.15) is 11.9 Å². The highest BCUT2D eigenvalue weighted by Crippen LogP contribution is 2.25. The highest BCUT2D eigenvalue weighted by Gasteiger charge is 2.25. The molecule has 1 aromatic heterocycles. The number of benzene rings is 1. The molecule has 1 saturated heterocycles. The van der Waals surface area contributed by atoms with Crippen molar-refractivity contribution in [1.82, 2.24) is 14.8 Å². The first kappa shape index (κ1) is 19.4. The van der Waals surface area contributed by atoms with Crippen LogP contribution in [0.2, 0.25) is 0 Å². The van der Waals surface area contributed by atoms with Crippen LogP contribution in [0.4, 0.5) is 4.79 Å². The van der Waals surface area contributed by atoms with Crippen molar-refractivity contribution in [3.8, 4) is 11.6 Å². The van der Waals surface area contributed by atoms with Crippen molar-refractivity contribution in [1.29, 1.82) is 0 Å². The maximum Gasteiger partial charge on any atom is 0.416 e. The molecule has 6 heteroatoms.